The molecule has 4 rings (SSSR count). The molecule has 1 aliphatic heterocycles. The predicted molar refractivity (Wildman–Crippen MR) is 109 cm³/mol. The predicted octanol–water partition coefficient (Wildman–Crippen LogP) is 3.01. The highest BCUT2D eigenvalue weighted by atomic mass is 32.2. The van der Waals surface area contributed by atoms with E-state index < -0.39 is 10.0 Å². The molecule has 0 saturated heterocycles. The molecule has 8 heteroatoms. The number of aromatic nitrogens is 2. The van der Waals surface area contributed by atoms with Crippen LogP contribution >= 0.6 is 11.3 Å². The van der Waals surface area contributed by atoms with E-state index in [1.165, 1.54) is 10.6 Å². The Labute approximate surface area is 162 Å². The van der Waals surface area contributed by atoms with Crippen molar-refractivity contribution in [3.05, 3.63) is 57.8 Å². The largest absolute Gasteiger partial charge is 0.320 e. The molecule has 0 aliphatic carbocycles. The monoisotopic (exact) mass is 400 g/mol. The molecule has 0 bridgehead atoms. The molecule has 0 N–H and O–H groups in total. The highest BCUT2D eigenvalue weighted by molar-refractivity contribution is 7.92. The van der Waals surface area contributed by atoms with E-state index in [-0.39, 0.29) is 0 Å². The lowest BCUT2D eigenvalue weighted by molar-refractivity contribution is 0.598. The van der Waals surface area contributed by atoms with Crippen molar-refractivity contribution >= 4 is 32.9 Å². The highest BCUT2D eigenvalue weighted by Crippen LogP contribution is 2.33. The Kier molecular flexibility index (Phi) is 4.39. The Balaban J connectivity index is 1.72. The van der Waals surface area contributed by atoms with Gasteiger partial charge in [-0.1, -0.05) is 12.1 Å². The summed E-state index contributed by atoms with van der Waals surface area (Å²) in [6.07, 6.45) is 3.79. The van der Waals surface area contributed by atoms with Gasteiger partial charge in [-0.15, -0.1) is 11.3 Å². The van der Waals surface area contributed by atoms with Gasteiger partial charge in [0.25, 0.3) is 0 Å². The van der Waals surface area contributed by atoms with Crippen molar-refractivity contribution in [1.82, 2.24) is 9.55 Å². The second-order valence-corrected chi connectivity index (χ2v) is 9.44. The molecule has 2 aromatic heterocycles. The number of hydrogen-bond acceptors (Lipinski definition) is 5. The van der Waals surface area contributed by atoms with Crippen molar-refractivity contribution in [2.24, 2.45) is 12.0 Å². The van der Waals surface area contributed by atoms with E-state index >= 15 is 0 Å². The smallest absolute Gasteiger partial charge is 0.232 e. The summed E-state index contributed by atoms with van der Waals surface area (Å²) < 4.78 is 27.3. The Morgan fingerprint density at radius 3 is 2.74 bits per heavy atom. The van der Waals surface area contributed by atoms with Crippen LogP contribution in [0.1, 0.15) is 11.1 Å². The molecule has 6 nitrogen and oxygen atoms in total. The number of nitrogens with zero attached hydrogens (tertiary/aromatic N) is 4. The zero-order chi connectivity index (χ0) is 19.2. The van der Waals surface area contributed by atoms with E-state index in [2.05, 4.69) is 21.4 Å². The summed E-state index contributed by atoms with van der Waals surface area (Å²) >= 11 is 1.56. The Morgan fingerprint density at radius 2 is 2.04 bits per heavy atom. The first-order valence-corrected chi connectivity index (χ1v) is 11.3. The van der Waals surface area contributed by atoms with Crippen LogP contribution in [0.5, 0.6) is 0 Å². The number of aryl methyl sites for hydroxylation is 1. The summed E-state index contributed by atoms with van der Waals surface area (Å²) in [5, 5.41) is 2.07. The number of sulfonamides is 1. The molecule has 0 atom stereocenters. The average Bonchev–Trinajstić information content (AvgIpc) is 3.20. The minimum Gasteiger partial charge on any atom is -0.320 e. The normalized spacial score (nSPS) is 14.6. The van der Waals surface area contributed by atoms with Crippen LogP contribution in [0.3, 0.4) is 0 Å². The van der Waals surface area contributed by atoms with Gasteiger partial charge in [-0.25, -0.2) is 18.4 Å². The molecule has 0 saturated carbocycles. The third kappa shape index (κ3) is 3.42. The van der Waals surface area contributed by atoms with Crippen LogP contribution in [0.4, 0.5) is 11.5 Å². The molecule has 3 heterocycles. The van der Waals surface area contributed by atoms with Crippen molar-refractivity contribution in [3.8, 4) is 11.3 Å². The second kappa shape index (κ2) is 6.61. The number of rotatable bonds is 3. The van der Waals surface area contributed by atoms with Crippen LogP contribution in [0, 0.1) is 6.92 Å². The second-order valence-electron chi connectivity index (χ2n) is 6.70. The van der Waals surface area contributed by atoms with Gasteiger partial charge in [-0.05, 0) is 48.2 Å². The van der Waals surface area contributed by atoms with Gasteiger partial charge in [0.2, 0.25) is 10.0 Å². The van der Waals surface area contributed by atoms with Gasteiger partial charge in [0.05, 0.1) is 17.6 Å². The zero-order valence-corrected chi connectivity index (χ0v) is 17.0. The van der Waals surface area contributed by atoms with E-state index in [0.717, 1.165) is 39.3 Å². The van der Waals surface area contributed by atoms with Gasteiger partial charge >= 0.3 is 0 Å². The topological polar surface area (TPSA) is 67.6 Å². The quantitative estimate of drug-likeness (QED) is 0.679. The maximum atomic E-state index is 11.9. The molecule has 0 fully saturated rings. The summed E-state index contributed by atoms with van der Waals surface area (Å²) in [6.45, 7) is 2.51. The summed E-state index contributed by atoms with van der Waals surface area (Å²) in [5.41, 5.74) is 5.05. The molecule has 3 aromatic rings. The third-order valence-electron chi connectivity index (χ3n) is 4.66. The van der Waals surface area contributed by atoms with Gasteiger partial charge in [0.15, 0.2) is 10.6 Å². The molecule has 1 aliphatic rings. The lowest BCUT2D eigenvalue weighted by Crippen LogP contribution is -2.27. The molecular formula is C19H20N4O2S2. The Bertz CT molecular complexity index is 1180. The van der Waals surface area contributed by atoms with Crippen molar-refractivity contribution in [2.75, 3.05) is 17.1 Å². The number of benzene rings is 1. The van der Waals surface area contributed by atoms with Gasteiger partial charge in [-0.3, -0.25) is 4.31 Å². The molecule has 0 spiro atoms. The fraction of sp³-hybridized carbons (Fsp3) is 0.263. The fourth-order valence-corrected chi connectivity index (χ4v) is 5.10. The van der Waals surface area contributed by atoms with Gasteiger partial charge in [0.1, 0.15) is 0 Å². The molecule has 0 amide bonds. The minimum atomic E-state index is -3.23. The Morgan fingerprint density at radius 1 is 1.22 bits per heavy atom. The van der Waals surface area contributed by atoms with Crippen molar-refractivity contribution in [2.45, 2.75) is 13.3 Å². The highest BCUT2D eigenvalue weighted by Gasteiger charge is 2.26. The Hall–Kier alpha value is -2.45. The summed E-state index contributed by atoms with van der Waals surface area (Å²) in [4.78, 5) is 9.83. The van der Waals surface area contributed by atoms with Crippen molar-refractivity contribution in [3.63, 3.8) is 0 Å². The third-order valence-corrected chi connectivity index (χ3v) is 6.76. The molecular weight excluding hydrogens is 380 g/mol. The molecule has 1 aromatic carbocycles. The minimum absolute atomic E-state index is 0.507. The van der Waals surface area contributed by atoms with Gasteiger partial charge in [-0.2, -0.15) is 0 Å². The molecule has 0 unspecified atom stereocenters. The van der Waals surface area contributed by atoms with Crippen LogP contribution in [0.15, 0.2) is 46.9 Å². The van der Waals surface area contributed by atoms with Crippen LogP contribution in [0.2, 0.25) is 0 Å². The maximum absolute atomic E-state index is 11.9. The van der Waals surface area contributed by atoms with E-state index in [1.54, 1.807) is 17.5 Å². The number of pyridine rings is 1. The van der Waals surface area contributed by atoms with Crippen LogP contribution < -0.4 is 9.11 Å². The SMILES string of the molecule is Cc1ccc(N=c2scc(-c3ccc4c(c3)CCN4S(C)(=O)=O)n2C)nc1. The summed E-state index contributed by atoms with van der Waals surface area (Å²) in [6, 6.07) is 9.85. The van der Waals surface area contributed by atoms with E-state index in [0.29, 0.717) is 12.4 Å². The summed E-state index contributed by atoms with van der Waals surface area (Å²) in [7, 11) is -1.25. The number of thiazole rings is 1. The van der Waals surface area contributed by atoms with E-state index in [1.807, 2.05) is 42.8 Å². The fourth-order valence-electron chi connectivity index (χ4n) is 3.23. The molecule has 140 valence electrons. The lowest BCUT2D eigenvalue weighted by Gasteiger charge is -2.16. The van der Waals surface area contributed by atoms with Gasteiger partial charge < -0.3 is 4.57 Å². The first-order valence-electron chi connectivity index (χ1n) is 8.56. The van der Waals surface area contributed by atoms with Crippen LogP contribution in [-0.2, 0) is 23.5 Å². The van der Waals surface area contributed by atoms with E-state index in [4.69, 9.17) is 0 Å². The maximum Gasteiger partial charge on any atom is 0.232 e. The van der Waals surface area contributed by atoms with Crippen molar-refractivity contribution < 1.29 is 8.42 Å². The van der Waals surface area contributed by atoms with Crippen molar-refractivity contribution in [1.29, 1.82) is 0 Å². The van der Waals surface area contributed by atoms with E-state index in [9.17, 15) is 8.42 Å². The lowest BCUT2D eigenvalue weighted by atomic mass is 10.1. The number of hydrogen-bond donors (Lipinski definition) is 0. The zero-order valence-electron chi connectivity index (χ0n) is 15.4. The van der Waals surface area contributed by atoms with Crippen LogP contribution in [-0.4, -0.2) is 30.8 Å². The first-order chi connectivity index (χ1) is 12.8. The molecule has 27 heavy (non-hydrogen) atoms. The standard InChI is InChI=1S/C19H20N4O2S2/c1-13-4-7-18(20-11-13)21-19-22(2)17(12-26-19)14-5-6-16-15(10-14)8-9-23(16)27(3,24)25/h4-7,10-12H,8-9H2,1-3H3. The van der Waals surface area contributed by atoms with Crippen LogP contribution in [0.25, 0.3) is 11.3 Å². The molecule has 0 radical (unpaired) electrons. The number of fused-ring (bicyclic) bond motifs is 1. The summed E-state index contributed by atoms with van der Waals surface area (Å²) in [5.74, 6) is 0.683. The first kappa shape index (κ1) is 17.9. The average molecular weight is 401 g/mol. The van der Waals surface area contributed by atoms with Gasteiger partial charge in [0, 0.05) is 25.2 Å². The number of anilines is 1.